The number of benzene rings is 2. The number of hydrogen-bond donors (Lipinski definition) is 2. The van der Waals surface area contributed by atoms with Crippen LogP contribution < -0.4 is 16.4 Å². The van der Waals surface area contributed by atoms with Gasteiger partial charge >= 0.3 is 5.76 Å². The standard InChI is InChI=1S/C24H23FN4O4/c1-29-21-9-14(4-5-22(21)33-24(29)31)13-2-3-15(18(25)7-13)6-17(10-26)27-23(30)19-8-16-11-32-12-20(16)28-19/h2-5,7,9,16-17,19-20,28H,6,8,11-12H2,1H3,(H,27,30)/t16-,17+,19+,20+/m1/s1/i1D3. The fourth-order valence-corrected chi connectivity index (χ4v) is 4.54. The topological polar surface area (TPSA) is 109 Å². The molecule has 1 amide bonds. The lowest BCUT2D eigenvalue weighted by molar-refractivity contribution is -0.123. The number of nitriles is 1. The summed E-state index contributed by atoms with van der Waals surface area (Å²) in [7, 11) is 0. The molecule has 2 N–H and O–H groups in total. The van der Waals surface area contributed by atoms with Crippen LogP contribution in [0.2, 0.25) is 0 Å². The lowest BCUT2D eigenvalue weighted by Crippen LogP contribution is -2.47. The Labute approximate surface area is 193 Å². The Morgan fingerprint density at radius 1 is 1.36 bits per heavy atom. The first-order chi connectivity index (χ1) is 17.1. The van der Waals surface area contributed by atoms with Crippen LogP contribution >= 0.6 is 0 Å². The minimum Gasteiger partial charge on any atom is -0.408 e. The van der Waals surface area contributed by atoms with E-state index in [2.05, 4.69) is 10.6 Å². The van der Waals surface area contributed by atoms with E-state index in [4.69, 9.17) is 13.3 Å². The van der Waals surface area contributed by atoms with Crippen LogP contribution in [0.5, 0.6) is 0 Å². The van der Waals surface area contributed by atoms with Crippen molar-refractivity contribution in [2.45, 2.75) is 31.0 Å². The Balaban J connectivity index is 1.32. The molecule has 2 aliphatic heterocycles. The van der Waals surface area contributed by atoms with Crippen LogP contribution in [0.1, 0.15) is 16.1 Å². The average molecular weight is 453 g/mol. The van der Waals surface area contributed by atoms with Crippen molar-refractivity contribution in [2.24, 2.45) is 12.9 Å². The monoisotopic (exact) mass is 453 g/mol. The van der Waals surface area contributed by atoms with E-state index in [1.807, 2.05) is 6.07 Å². The Kier molecular flexibility index (Phi) is 4.62. The molecule has 3 heterocycles. The van der Waals surface area contributed by atoms with Crippen molar-refractivity contribution in [3.63, 3.8) is 0 Å². The van der Waals surface area contributed by atoms with Crippen LogP contribution in [0.25, 0.3) is 22.2 Å². The van der Waals surface area contributed by atoms with Crippen LogP contribution in [0, 0.1) is 23.1 Å². The van der Waals surface area contributed by atoms with E-state index in [1.54, 1.807) is 12.1 Å². The van der Waals surface area contributed by atoms with Gasteiger partial charge in [0.15, 0.2) is 5.58 Å². The summed E-state index contributed by atoms with van der Waals surface area (Å²) < 4.78 is 48.7. The zero-order valence-electron chi connectivity index (χ0n) is 20.5. The highest BCUT2D eigenvalue weighted by Crippen LogP contribution is 2.27. The largest absolute Gasteiger partial charge is 0.419 e. The minimum absolute atomic E-state index is 0.0175. The number of nitrogens with zero attached hydrogens (tertiary/aromatic N) is 2. The van der Waals surface area contributed by atoms with Gasteiger partial charge in [-0.2, -0.15) is 5.26 Å². The molecule has 0 saturated carbocycles. The van der Waals surface area contributed by atoms with Gasteiger partial charge in [-0.1, -0.05) is 18.2 Å². The Bertz CT molecular complexity index is 1420. The molecule has 0 spiro atoms. The van der Waals surface area contributed by atoms with Crippen molar-refractivity contribution < 1.29 is 22.5 Å². The van der Waals surface area contributed by atoms with E-state index >= 15 is 4.39 Å². The van der Waals surface area contributed by atoms with E-state index in [0.29, 0.717) is 35.3 Å². The quantitative estimate of drug-likeness (QED) is 0.611. The SMILES string of the molecule is [2H]C([2H])([2H])n1c(=O)oc2ccc(-c3ccc(C[C@@H](C#N)NC(=O)[C@@H]4C[C@@H]5COC[C@@H]5N4)c(F)c3)cc21. The molecule has 170 valence electrons. The molecule has 4 atom stereocenters. The molecule has 2 saturated heterocycles. The third-order valence-corrected chi connectivity index (χ3v) is 6.33. The van der Waals surface area contributed by atoms with Crippen LogP contribution in [-0.2, 0) is 22.9 Å². The molecular formula is C24H23FN4O4. The molecular weight excluding hydrogens is 427 g/mol. The van der Waals surface area contributed by atoms with Gasteiger partial charge in [-0.15, -0.1) is 0 Å². The van der Waals surface area contributed by atoms with Gasteiger partial charge in [0, 0.05) is 29.5 Å². The lowest BCUT2D eigenvalue weighted by atomic mass is 9.99. The highest BCUT2D eigenvalue weighted by Gasteiger charge is 2.41. The number of carbonyl (C=O) groups excluding carboxylic acids is 1. The highest BCUT2D eigenvalue weighted by atomic mass is 19.1. The zero-order chi connectivity index (χ0) is 25.6. The molecule has 0 aliphatic carbocycles. The van der Waals surface area contributed by atoms with Crippen molar-refractivity contribution in [1.82, 2.24) is 15.2 Å². The maximum Gasteiger partial charge on any atom is 0.419 e. The van der Waals surface area contributed by atoms with Gasteiger partial charge in [-0.25, -0.2) is 9.18 Å². The molecule has 9 heteroatoms. The third kappa shape index (κ3) is 4.03. The van der Waals surface area contributed by atoms with Crippen molar-refractivity contribution in [3.05, 3.63) is 58.3 Å². The van der Waals surface area contributed by atoms with Crippen molar-refractivity contribution in [3.8, 4) is 17.2 Å². The van der Waals surface area contributed by atoms with Crippen LogP contribution in [0.4, 0.5) is 4.39 Å². The fraction of sp³-hybridized carbons (Fsp3) is 0.375. The van der Waals surface area contributed by atoms with Gasteiger partial charge in [0.2, 0.25) is 5.91 Å². The summed E-state index contributed by atoms with van der Waals surface area (Å²) in [6.45, 7) is -1.55. The lowest BCUT2D eigenvalue weighted by Gasteiger charge is -2.17. The normalized spacial score (nSPS) is 24.5. The van der Waals surface area contributed by atoms with Crippen molar-refractivity contribution >= 4 is 17.0 Å². The second kappa shape index (κ2) is 8.46. The number of aryl methyl sites for hydroxylation is 1. The first-order valence-corrected chi connectivity index (χ1v) is 10.6. The summed E-state index contributed by atoms with van der Waals surface area (Å²) in [5, 5.41) is 15.5. The fourth-order valence-electron chi connectivity index (χ4n) is 4.54. The number of amides is 1. The average Bonchev–Trinajstić information content (AvgIpc) is 3.51. The molecule has 0 unspecified atom stereocenters. The smallest absolute Gasteiger partial charge is 0.408 e. The molecule has 1 aromatic heterocycles. The number of rotatable bonds is 5. The number of halogens is 1. The molecule has 2 aliphatic rings. The van der Waals surface area contributed by atoms with Gasteiger partial charge in [0.05, 0.1) is 30.8 Å². The number of oxazole rings is 1. The summed E-state index contributed by atoms with van der Waals surface area (Å²) in [6, 6.07) is 9.78. The number of nitrogens with one attached hydrogen (secondary N) is 2. The molecule has 0 radical (unpaired) electrons. The van der Waals surface area contributed by atoms with E-state index < -0.39 is 30.6 Å². The predicted octanol–water partition coefficient (Wildman–Crippen LogP) is 1.87. The number of hydrogen-bond acceptors (Lipinski definition) is 6. The van der Waals surface area contributed by atoms with E-state index in [9.17, 15) is 14.9 Å². The maximum absolute atomic E-state index is 15.0. The summed E-state index contributed by atoms with van der Waals surface area (Å²) in [6.07, 6.45) is 0.616. The first kappa shape index (κ1) is 18.0. The van der Waals surface area contributed by atoms with Crippen LogP contribution in [0.3, 0.4) is 0 Å². The molecule has 2 fully saturated rings. The van der Waals surface area contributed by atoms with Gasteiger partial charge in [0.1, 0.15) is 11.9 Å². The first-order valence-electron chi connectivity index (χ1n) is 12.1. The second-order valence-electron chi connectivity index (χ2n) is 8.45. The van der Waals surface area contributed by atoms with Crippen molar-refractivity contribution in [1.29, 1.82) is 5.26 Å². The maximum atomic E-state index is 15.0. The van der Waals surface area contributed by atoms with Gasteiger partial charge in [-0.3, -0.25) is 9.36 Å². The summed E-state index contributed by atoms with van der Waals surface area (Å²) >= 11 is 0. The minimum atomic E-state index is -2.73. The number of ether oxygens (including phenoxy) is 1. The molecule has 5 rings (SSSR count). The number of fused-ring (bicyclic) bond motifs is 2. The summed E-state index contributed by atoms with van der Waals surface area (Å²) in [5.74, 6) is -1.59. The Morgan fingerprint density at radius 2 is 2.18 bits per heavy atom. The van der Waals surface area contributed by atoms with E-state index in [-0.39, 0.29) is 41.0 Å². The third-order valence-electron chi connectivity index (χ3n) is 6.33. The zero-order valence-corrected chi connectivity index (χ0v) is 17.5. The summed E-state index contributed by atoms with van der Waals surface area (Å²) in [4.78, 5) is 24.6. The van der Waals surface area contributed by atoms with Crippen LogP contribution in [-0.4, -0.2) is 41.8 Å². The molecule has 3 aromatic rings. The molecule has 2 aromatic carbocycles. The summed E-state index contributed by atoms with van der Waals surface area (Å²) in [5.41, 5.74) is 1.37. The van der Waals surface area contributed by atoms with Gasteiger partial charge in [0.25, 0.3) is 0 Å². The van der Waals surface area contributed by atoms with E-state index in [1.165, 1.54) is 24.3 Å². The van der Waals surface area contributed by atoms with E-state index in [0.717, 1.165) is 0 Å². The number of carbonyl (C=O) groups is 1. The van der Waals surface area contributed by atoms with Gasteiger partial charge in [-0.05, 0) is 41.3 Å². The molecule has 0 bridgehead atoms. The highest BCUT2D eigenvalue weighted by molar-refractivity contribution is 5.83. The molecule has 8 nitrogen and oxygen atoms in total. The van der Waals surface area contributed by atoms with Gasteiger partial charge < -0.3 is 19.8 Å². The van der Waals surface area contributed by atoms with Crippen molar-refractivity contribution in [2.75, 3.05) is 13.2 Å². The Hall–Kier alpha value is -3.48. The second-order valence-corrected chi connectivity index (χ2v) is 8.45. The molecule has 33 heavy (non-hydrogen) atoms. The predicted molar refractivity (Wildman–Crippen MR) is 118 cm³/mol. The number of aromatic nitrogens is 1. The van der Waals surface area contributed by atoms with Crippen LogP contribution in [0.15, 0.2) is 45.6 Å². The Morgan fingerprint density at radius 3 is 2.94 bits per heavy atom.